The van der Waals surface area contributed by atoms with Gasteiger partial charge in [-0.25, -0.2) is 5.43 Å². The molecular formula is C12H11N5O. The van der Waals surface area contributed by atoms with Gasteiger partial charge in [0.25, 0.3) is 5.91 Å². The van der Waals surface area contributed by atoms with Crippen molar-refractivity contribution < 1.29 is 4.79 Å². The lowest BCUT2D eigenvalue weighted by atomic mass is 10.2. The van der Waals surface area contributed by atoms with E-state index in [9.17, 15) is 4.79 Å². The Balaban J connectivity index is 1.81. The van der Waals surface area contributed by atoms with Crippen molar-refractivity contribution >= 4 is 17.8 Å². The van der Waals surface area contributed by atoms with E-state index >= 15 is 0 Å². The van der Waals surface area contributed by atoms with Crippen molar-refractivity contribution in [2.24, 2.45) is 4.99 Å². The second kappa shape index (κ2) is 4.42. The number of hydrogen-bond acceptors (Lipinski definition) is 5. The molecule has 0 aliphatic carbocycles. The van der Waals surface area contributed by atoms with Crippen molar-refractivity contribution in [2.45, 2.75) is 0 Å². The van der Waals surface area contributed by atoms with Crippen LogP contribution in [0.2, 0.25) is 0 Å². The fourth-order valence-electron chi connectivity index (χ4n) is 1.82. The molecule has 0 unspecified atom stereocenters. The molecule has 0 fully saturated rings. The van der Waals surface area contributed by atoms with Crippen LogP contribution in [-0.4, -0.2) is 28.7 Å². The highest BCUT2D eigenvalue weighted by Gasteiger charge is 2.25. The molecule has 2 aliphatic heterocycles. The number of hydrogen-bond donors (Lipinski definition) is 2. The van der Waals surface area contributed by atoms with E-state index in [1.165, 1.54) is 0 Å². The van der Waals surface area contributed by atoms with Crippen LogP contribution in [0.3, 0.4) is 0 Å². The van der Waals surface area contributed by atoms with Crippen molar-refractivity contribution in [1.82, 2.24) is 15.4 Å². The monoisotopic (exact) mass is 241 g/mol. The Kier molecular flexibility index (Phi) is 2.62. The average Bonchev–Trinajstić information content (AvgIpc) is 2.84. The van der Waals surface area contributed by atoms with E-state index < -0.39 is 0 Å². The lowest BCUT2D eigenvalue weighted by Crippen LogP contribution is -2.27. The smallest absolute Gasteiger partial charge is 0.255 e. The Bertz CT molecular complexity index is 561. The van der Waals surface area contributed by atoms with Crippen LogP contribution in [0.5, 0.6) is 0 Å². The Morgan fingerprint density at radius 2 is 2.44 bits per heavy atom. The second-order valence-electron chi connectivity index (χ2n) is 3.84. The first-order valence-corrected chi connectivity index (χ1v) is 5.52. The van der Waals surface area contributed by atoms with Crippen LogP contribution in [0.4, 0.5) is 5.69 Å². The first kappa shape index (κ1) is 10.7. The summed E-state index contributed by atoms with van der Waals surface area (Å²) in [5.74, 6) is -0.144. The fraction of sp³-hybridized carbons (Fsp3) is 0.0833. The van der Waals surface area contributed by atoms with Crippen LogP contribution in [0.15, 0.2) is 53.2 Å². The minimum Gasteiger partial charge on any atom is -0.321 e. The van der Waals surface area contributed by atoms with Crippen LogP contribution in [0, 0.1) is 0 Å². The van der Waals surface area contributed by atoms with Crippen LogP contribution in [-0.2, 0) is 4.79 Å². The van der Waals surface area contributed by atoms with Crippen LogP contribution in [0.25, 0.3) is 0 Å². The second-order valence-corrected chi connectivity index (χ2v) is 3.84. The molecule has 2 aliphatic rings. The summed E-state index contributed by atoms with van der Waals surface area (Å²) in [7, 11) is 0. The molecule has 0 radical (unpaired) electrons. The van der Waals surface area contributed by atoms with Gasteiger partial charge in [-0.15, -0.1) is 0 Å². The minimum atomic E-state index is -0.144. The molecule has 2 N–H and O–H groups in total. The van der Waals surface area contributed by atoms with E-state index in [0.717, 1.165) is 5.70 Å². The molecular weight excluding hydrogens is 230 g/mol. The van der Waals surface area contributed by atoms with Gasteiger partial charge in [-0.1, -0.05) is 0 Å². The summed E-state index contributed by atoms with van der Waals surface area (Å²) in [6, 6.07) is 3.57. The molecule has 3 rings (SSSR count). The number of carbonyl (C=O) groups excluding carboxylic acids is 1. The zero-order chi connectivity index (χ0) is 12.4. The maximum atomic E-state index is 12.1. The number of allylic oxidation sites excluding steroid dienone is 1. The summed E-state index contributed by atoms with van der Waals surface area (Å²) in [4.78, 5) is 20.1. The normalized spacial score (nSPS) is 17.0. The van der Waals surface area contributed by atoms with Crippen molar-refractivity contribution in [1.29, 1.82) is 0 Å². The van der Waals surface area contributed by atoms with E-state index in [0.29, 0.717) is 17.8 Å². The molecule has 1 amide bonds. The summed E-state index contributed by atoms with van der Waals surface area (Å²) in [5, 5.41) is 4.59. The largest absolute Gasteiger partial charge is 0.321 e. The number of amides is 1. The van der Waals surface area contributed by atoms with E-state index in [2.05, 4.69) is 20.7 Å². The number of aromatic nitrogens is 1. The van der Waals surface area contributed by atoms with Crippen molar-refractivity contribution in [3.8, 4) is 0 Å². The van der Waals surface area contributed by atoms with Gasteiger partial charge < -0.3 is 5.32 Å². The molecule has 0 saturated heterocycles. The minimum absolute atomic E-state index is 0.144. The quantitative estimate of drug-likeness (QED) is 0.797. The topological polar surface area (TPSA) is 69.6 Å². The molecule has 1 aromatic rings. The number of nitrogens with one attached hydrogen (secondary N) is 2. The third-order valence-corrected chi connectivity index (χ3v) is 2.69. The lowest BCUT2D eigenvalue weighted by Gasteiger charge is -2.16. The van der Waals surface area contributed by atoms with E-state index in [-0.39, 0.29) is 5.91 Å². The summed E-state index contributed by atoms with van der Waals surface area (Å²) >= 11 is 0. The summed E-state index contributed by atoms with van der Waals surface area (Å²) in [5.41, 5.74) is 5.19. The predicted octanol–water partition coefficient (Wildman–Crippen LogP) is 0.650. The zero-order valence-corrected chi connectivity index (χ0v) is 9.50. The van der Waals surface area contributed by atoms with Crippen LogP contribution in [0.1, 0.15) is 0 Å². The third kappa shape index (κ3) is 1.89. The summed E-state index contributed by atoms with van der Waals surface area (Å²) < 4.78 is 0. The number of nitrogens with zero attached hydrogens (tertiary/aromatic N) is 3. The van der Waals surface area contributed by atoms with Crippen LogP contribution >= 0.6 is 0 Å². The molecule has 6 heteroatoms. The lowest BCUT2D eigenvalue weighted by molar-refractivity contribution is -0.112. The number of aliphatic imine (C=N–C) groups is 1. The van der Waals surface area contributed by atoms with Gasteiger partial charge in [0.2, 0.25) is 0 Å². The molecule has 3 heterocycles. The van der Waals surface area contributed by atoms with Crippen molar-refractivity contribution in [3.63, 3.8) is 0 Å². The highest BCUT2D eigenvalue weighted by Crippen LogP contribution is 2.18. The van der Waals surface area contributed by atoms with Crippen molar-refractivity contribution in [2.75, 3.05) is 11.9 Å². The SMILES string of the molecule is O=C(Nc1cccnc1)C1=C2C=NC=CN2NC1. The number of hydrazine groups is 1. The first-order valence-electron chi connectivity index (χ1n) is 5.52. The maximum Gasteiger partial charge on any atom is 0.255 e. The Hall–Kier alpha value is -2.47. The Morgan fingerprint density at radius 3 is 3.28 bits per heavy atom. The maximum absolute atomic E-state index is 12.1. The van der Waals surface area contributed by atoms with Gasteiger partial charge in [0, 0.05) is 25.1 Å². The summed E-state index contributed by atoms with van der Waals surface area (Å²) in [6.45, 7) is 0.484. The number of rotatable bonds is 2. The predicted molar refractivity (Wildman–Crippen MR) is 67.4 cm³/mol. The molecule has 0 atom stereocenters. The van der Waals surface area contributed by atoms with Crippen molar-refractivity contribution in [3.05, 3.63) is 48.2 Å². The van der Waals surface area contributed by atoms with Gasteiger partial charge in [0.15, 0.2) is 0 Å². The molecule has 0 aromatic carbocycles. The number of carbonyl (C=O) groups is 1. The zero-order valence-electron chi connectivity index (χ0n) is 9.50. The molecule has 0 bridgehead atoms. The Labute approximate surface area is 104 Å². The fourth-order valence-corrected chi connectivity index (χ4v) is 1.82. The number of anilines is 1. The molecule has 0 spiro atoms. The molecule has 6 nitrogen and oxygen atoms in total. The number of pyridine rings is 1. The van der Waals surface area contributed by atoms with E-state index in [1.54, 1.807) is 48.1 Å². The molecule has 1 aromatic heterocycles. The van der Waals surface area contributed by atoms with Gasteiger partial charge in [0.05, 0.1) is 29.4 Å². The molecule has 90 valence electrons. The van der Waals surface area contributed by atoms with Gasteiger partial charge in [-0.2, -0.15) is 0 Å². The highest BCUT2D eigenvalue weighted by atomic mass is 16.1. The van der Waals surface area contributed by atoms with Gasteiger partial charge >= 0.3 is 0 Å². The van der Waals surface area contributed by atoms with Gasteiger partial charge in [0.1, 0.15) is 0 Å². The third-order valence-electron chi connectivity index (χ3n) is 2.69. The first-order chi connectivity index (χ1) is 8.84. The Morgan fingerprint density at radius 1 is 1.50 bits per heavy atom. The van der Waals surface area contributed by atoms with Gasteiger partial charge in [-0.3, -0.25) is 19.8 Å². The van der Waals surface area contributed by atoms with Crippen LogP contribution < -0.4 is 10.7 Å². The molecule has 18 heavy (non-hydrogen) atoms. The average molecular weight is 241 g/mol. The standard InChI is InChI=1S/C12H11N5O/c18-12(16-9-2-1-3-13-6-9)10-7-15-17-5-4-14-8-11(10)17/h1-6,8,15H,7H2,(H,16,18). The van der Waals surface area contributed by atoms with Gasteiger partial charge in [-0.05, 0) is 12.1 Å². The summed E-state index contributed by atoms with van der Waals surface area (Å²) in [6.07, 6.45) is 8.38. The highest BCUT2D eigenvalue weighted by molar-refractivity contribution is 6.08. The number of fused-ring (bicyclic) bond motifs is 1. The van der Waals surface area contributed by atoms with E-state index in [4.69, 9.17) is 0 Å². The molecule has 0 saturated carbocycles. The van der Waals surface area contributed by atoms with E-state index in [1.807, 2.05) is 0 Å².